The number of hydrogen-bond donors (Lipinski definition) is 0. The number of methoxy groups -OCH3 is 1. The minimum absolute atomic E-state index is 0.0690. The zero-order chi connectivity index (χ0) is 22.1. The summed E-state index contributed by atoms with van der Waals surface area (Å²) in [4.78, 5) is 16.3. The molecular weight excluding hydrogens is 406 g/mol. The predicted octanol–water partition coefficient (Wildman–Crippen LogP) is 4.59. The molecule has 0 saturated heterocycles. The molecule has 0 bridgehead atoms. The molecule has 0 N–H and O–H groups in total. The van der Waals surface area contributed by atoms with Crippen molar-refractivity contribution in [1.82, 2.24) is 14.8 Å². The smallest absolute Gasteiger partial charge is 0.419 e. The van der Waals surface area contributed by atoms with E-state index < -0.39 is 23.5 Å². The third kappa shape index (κ3) is 3.98. The van der Waals surface area contributed by atoms with E-state index in [0.717, 1.165) is 10.7 Å². The summed E-state index contributed by atoms with van der Waals surface area (Å²) < 4.78 is 64.6. The van der Waals surface area contributed by atoms with Gasteiger partial charge in [-0.25, -0.2) is 18.9 Å². The van der Waals surface area contributed by atoms with Crippen molar-refractivity contribution in [1.29, 1.82) is 0 Å². The van der Waals surface area contributed by atoms with Gasteiger partial charge in [-0.05, 0) is 38.1 Å². The molecule has 30 heavy (non-hydrogen) atoms. The minimum Gasteiger partial charge on any atom is -0.481 e. The Bertz CT molecular complexity index is 1090. The van der Waals surface area contributed by atoms with Gasteiger partial charge in [0.15, 0.2) is 5.69 Å². The quantitative estimate of drug-likeness (QED) is 0.444. The first-order chi connectivity index (χ1) is 14.2. The van der Waals surface area contributed by atoms with Crippen LogP contribution in [-0.2, 0) is 10.9 Å². The zero-order valence-corrected chi connectivity index (χ0v) is 16.2. The lowest BCUT2D eigenvalue weighted by molar-refractivity contribution is -0.140. The van der Waals surface area contributed by atoms with Crippen molar-refractivity contribution >= 4 is 5.97 Å². The number of aromatic nitrogens is 3. The lowest BCUT2D eigenvalue weighted by Gasteiger charge is -2.13. The van der Waals surface area contributed by atoms with Crippen molar-refractivity contribution in [2.45, 2.75) is 20.0 Å². The largest absolute Gasteiger partial charge is 0.481 e. The van der Waals surface area contributed by atoms with E-state index in [1.807, 2.05) is 0 Å². The first-order valence-corrected chi connectivity index (χ1v) is 8.81. The van der Waals surface area contributed by atoms with E-state index in [2.05, 4.69) is 10.1 Å². The van der Waals surface area contributed by atoms with Gasteiger partial charge in [-0.1, -0.05) is 0 Å². The molecule has 0 unspecified atom stereocenters. The molecule has 3 rings (SSSR count). The van der Waals surface area contributed by atoms with E-state index in [4.69, 9.17) is 9.47 Å². The number of halogens is 4. The zero-order valence-electron chi connectivity index (χ0n) is 16.2. The average molecular weight is 423 g/mol. The normalized spacial score (nSPS) is 11.4. The molecule has 2 heterocycles. The monoisotopic (exact) mass is 423 g/mol. The van der Waals surface area contributed by atoms with Gasteiger partial charge >= 0.3 is 12.1 Å². The summed E-state index contributed by atoms with van der Waals surface area (Å²) in [6.07, 6.45) is -3.45. The number of alkyl halides is 3. The first kappa shape index (κ1) is 21.3. The molecule has 1 aromatic carbocycles. The number of benzene rings is 1. The van der Waals surface area contributed by atoms with Crippen LogP contribution < -0.4 is 4.74 Å². The van der Waals surface area contributed by atoms with Crippen LogP contribution in [0.3, 0.4) is 0 Å². The molecule has 0 aliphatic carbocycles. The van der Waals surface area contributed by atoms with Crippen molar-refractivity contribution in [3.8, 4) is 22.8 Å². The second-order valence-corrected chi connectivity index (χ2v) is 6.20. The fourth-order valence-electron chi connectivity index (χ4n) is 2.95. The SMILES string of the molecule is CCOC(=O)c1nn(-c2ccc(F)c(C(F)(F)F)c2)c(-c2ccnc(OC)c2)c1C. The van der Waals surface area contributed by atoms with Crippen LogP contribution in [0, 0.1) is 12.7 Å². The maximum atomic E-state index is 13.8. The van der Waals surface area contributed by atoms with Crippen LogP contribution in [0.4, 0.5) is 17.6 Å². The van der Waals surface area contributed by atoms with Crippen molar-refractivity contribution in [3.05, 3.63) is 59.2 Å². The third-order valence-electron chi connectivity index (χ3n) is 4.31. The summed E-state index contributed by atoms with van der Waals surface area (Å²) in [6, 6.07) is 5.62. The van der Waals surface area contributed by atoms with Crippen LogP contribution in [0.1, 0.15) is 28.5 Å². The van der Waals surface area contributed by atoms with Gasteiger partial charge in [0.2, 0.25) is 5.88 Å². The Balaban J connectivity index is 2.28. The molecule has 0 saturated carbocycles. The van der Waals surface area contributed by atoms with Crippen molar-refractivity contribution in [2.24, 2.45) is 0 Å². The van der Waals surface area contributed by atoms with Gasteiger partial charge in [0.25, 0.3) is 0 Å². The summed E-state index contributed by atoms with van der Waals surface area (Å²) >= 11 is 0. The molecular formula is C20H17F4N3O3. The van der Waals surface area contributed by atoms with E-state index in [0.29, 0.717) is 29.0 Å². The lowest BCUT2D eigenvalue weighted by atomic mass is 10.1. The molecule has 158 valence electrons. The third-order valence-corrected chi connectivity index (χ3v) is 4.31. The summed E-state index contributed by atoms with van der Waals surface area (Å²) in [6.45, 7) is 3.30. The van der Waals surface area contributed by atoms with Crippen LogP contribution in [0.5, 0.6) is 5.88 Å². The first-order valence-electron chi connectivity index (χ1n) is 8.81. The van der Waals surface area contributed by atoms with Crippen molar-refractivity contribution in [3.63, 3.8) is 0 Å². The van der Waals surface area contributed by atoms with E-state index >= 15 is 0 Å². The molecule has 2 aromatic heterocycles. The van der Waals surface area contributed by atoms with Gasteiger partial charge in [-0.2, -0.15) is 18.3 Å². The fraction of sp³-hybridized carbons (Fsp3) is 0.250. The second kappa shape index (κ2) is 8.13. The molecule has 0 fully saturated rings. The predicted molar refractivity (Wildman–Crippen MR) is 99.0 cm³/mol. The van der Waals surface area contributed by atoms with E-state index in [1.54, 1.807) is 26.0 Å². The standard InChI is InChI=1S/C20H17F4N3O3/c1-4-30-19(28)17-11(2)18(12-7-8-25-16(9-12)29-3)27(26-17)13-5-6-15(21)14(10-13)20(22,23)24/h5-10H,4H2,1-3H3. The number of carbonyl (C=O) groups excluding carboxylic acids is 1. The van der Waals surface area contributed by atoms with Crippen LogP contribution in [-0.4, -0.2) is 34.5 Å². The van der Waals surface area contributed by atoms with E-state index in [-0.39, 0.29) is 23.9 Å². The van der Waals surface area contributed by atoms with Crippen LogP contribution >= 0.6 is 0 Å². The fourth-order valence-corrected chi connectivity index (χ4v) is 2.95. The highest BCUT2D eigenvalue weighted by Gasteiger charge is 2.35. The summed E-state index contributed by atoms with van der Waals surface area (Å²) in [7, 11) is 1.41. The Kier molecular flexibility index (Phi) is 5.77. The molecule has 0 aliphatic heterocycles. The molecule has 0 spiro atoms. The maximum Gasteiger partial charge on any atom is 0.419 e. The van der Waals surface area contributed by atoms with E-state index in [1.165, 1.54) is 13.3 Å². The number of nitrogens with zero attached hydrogens (tertiary/aromatic N) is 3. The highest BCUT2D eigenvalue weighted by atomic mass is 19.4. The minimum atomic E-state index is -4.90. The average Bonchev–Trinajstić information content (AvgIpc) is 3.05. The molecule has 0 atom stereocenters. The number of rotatable bonds is 5. The van der Waals surface area contributed by atoms with Gasteiger partial charge in [-0.15, -0.1) is 0 Å². The van der Waals surface area contributed by atoms with Crippen molar-refractivity contribution in [2.75, 3.05) is 13.7 Å². The number of pyridine rings is 1. The van der Waals surface area contributed by atoms with Crippen LogP contribution in [0.2, 0.25) is 0 Å². The molecule has 3 aromatic rings. The number of ether oxygens (including phenoxy) is 2. The van der Waals surface area contributed by atoms with Gasteiger partial charge < -0.3 is 9.47 Å². The number of esters is 1. The number of carbonyl (C=O) groups is 1. The van der Waals surface area contributed by atoms with E-state index in [9.17, 15) is 22.4 Å². The topological polar surface area (TPSA) is 66.2 Å². The Morgan fingerprint density at radius 3 is 2.57 bits per heavy atom. The maximum absolute atomic E-state index is 13.8. The molecule has 0 aliphatic rings. The highest BCUT2D eigenvalue weighted by Crippen LogP contribution is 2.35. The summed E-state index contributed by atoms with van der Waals surface area (Å²) in [5.74, 6) is -1.88. The number of hydrogen-bond acceptors (Lipinski definition) is 5. The van der Waals surface area contributed by atoms with Crippen LogP contribution in [0.25, 0.3) is 16.9 Å². The summed E-state index contributed by atoms with van der Waals surface area (Å²) in [5, 5.41) is 4.17. The Morgan fingerprint density at radius 2 is 1.93 bits per heavy atom. The lowest BCUT2D eigenvalue weighted by Crippen LogP contribution is -2.11. The van der Waals surface area contributed by atoms with Gasteiger partial charge in [0.05, 0.1) is 30.7 Å². The highest BCUT2D eigenvalue weighted by molar-refractivity contribution is 5.91. The summed E-state index contributed by atoms with van der Waals surface area (Å²) in [5.41, 5.74) is -0.406. The van der Waals surface area contributed by atoms with Crippen LogP contribution in [0.15, 0.2) is 36.5 Å². The van der Waals surface area contributed by atoms with Gasteiger partial charge in [0, 0.05) is 23.4 Å². The molecule has 6 nitrogen and oxygen atoms in total. The Morgan fingerprint density at radius 1 is 1.20 bits per heavy atom. The molecule has 0 amide bonds. The Labute approximate surface area is 169 Å². The second-order valence-electron chi connectivity index (χ2n) is 6.20. The Hall–Kier alpha value is -3.43. The molecule has 10 heteroatoms. The van der Waals surface area contributed by atoms with Crippen molar-refractivity contribution < 1.29 is 31.8 Å². The van der Waals surface area contributed by atoms with Gasteiger partial charge in [-0.3, -0.25) is 0 Å². The molecule has 0 radical (unpaired) electrons. The van der Waals surface area contributed by atoms with Gasteiger partial charge in [0.1, 0.15) is 5.82 Å².